The molecule has 1 atom stereocenters. The van der Waals surface area contributed by atoms with Crippen molar-refractivity contribution in [3.05, 3.63) is 78.0 Å². The van der Waals surface area contributed by atoms with Gasteiger partial charge in [0.1, 0.15) is 0 Å². The molecule has 5 rings (SSSR count). The van der Waals surface area contributed by atoms with Gasteiger partial charge in [-0.3, -0.25) is 14.6 Å². The van der Waals surface area contributed by atoms with Crippen LogP contribution in [0.1, 0.15) is 54.9 Å². The lowest BCUT2D eigenvalue weighted by atomic mass is 9.78. The number of rotatable bonds is 4. The lowest BCUT2D eigenvalue weighted by Crippen LogP contribution is -2.50. The molecule has 5 heteroatoms. The molecule has 0 aliphatic carbocycles. The van der Waals surface area contributed by atoms with Crippen LogP contribution in [0.5, 0.6) is 0 Å². The van der Waals surface area contributed by atoms with Crippen LogP contribution in [0.15, 0.2) is 66.9 Å². The van der Waals surface area contributed by atoms with Crippen LogP contribution in [-0.4, -0.2) is 52.8 Å². The Kier molecular flexibility index (Phi) is 6.85. The number of hydrogen-bond acceptors (Lipinski definition) is 3. The van der Waals surface area contributed by atoms with E-state index in [-0.39, 0.29) is 17.2 Å². The predicted octanol–water partition coefficient (Wildman–Crippen LogP) is 5.35. The first-order valence-electron chi connectivity index (χ1n) is 13.0. The van der Waals surface area contributed by atoms with Crippen molar-refractivity contribution in [3.8, 4) is 0 Å². The van der Waals surface area contributed by atoms with E-state index in [1.54, 1.807) is 0 Å². The summed E-state index contributed by atoms with van der Waals surface area (Å²) in [4.78, 5) is 35.0. The first kappa shape index (κ1) is 23.5. The summed E-state index contributed by atoms with van der Waals surface area (Å²) in [6.45, 7) is 5.05. The van der Waals surface area contributed by atoms with Crippen LogP contribution in [0.25, 0.3) is 10.9 Å². The first-order chi connectivity index (χ1) is 17.0. The van der Waals surface area contributed by atoms with Gasteiger partial charge in [0.15, 0.2) is 0 Å². The number of amides is 2. The largest absolute Gasteiger partial charge is 0.342 e. The first-order valence-corrected chi connectivity index (χ1v) is 13.0. The van der Waals surface area contributed by atoms with Gasteiger partial charge in [0.25, 0.3) is 5.91 Å². The lowest BCUT2D eigenvalue weighted by molar-refractivity contribution is -0.143. The van der Waals surface area contributed by atoms with E-state index in [1.165, 1.54) is 10.9 Å². The van der Waals surface area contributed by atoms with Crippen molar-refractivity contribution in [1.82, 2.24) is 14.8 Å². The summed E-state index contributed by atoms with van der Waals surface area (Å²) in [5.41, 5.74) is 2.76. The highest BCUT2D eigenvalue weighted by Crippen LogP contribution is 2.35. The van der Waals surface area contributed by atoms with Crippen molar-refractivity contribution < 1.29 is 9.59 Å². The topological polar surface area (TPSA) is 53.5 Å². The van der Waals surface area contributed by atoms with Crippen molar-refractivity contribution in [1.29, 1.82) is 0 Å². The Morgan fingerprint density at radius 1 is 0.886 bits per heavy atom. The summed E-state index contributed by atoms with van der Waals surface area (Å²) in [6, 6.07) is 20.0. The van der Waals surface area contributed by atoms with E-state index in [4.69, 9.17) is 0 Å². The number of hydrogen-bond donors (Lipinski definition) is 0. The monoisotopic (exact) mass is 469 g/mol. The number of carbonyl (C=O) groups is 2. The van der Waals surface area contributed by atoms with Crippen molar-refractivity contribution in [2.24, 2.45) is 11.3 Å². The van der Waals surface area contributed by atoms with Gasteiger partial charge in [-0.15, -0.1) is 0 Å². The van der Waals surface area contributed by atoms with Crippen LogP contribution in [0.3, 0.4) is 0 Å². The van der Waals surface area contributed by atoms with Crippen molar-refractivity contribution in [3.63, 3.8) is 0 Å². The van der Waals surface area contributed by atoms with Gasteiger partial charge in [-0.05, 0) is 74.3 Å². The fourth-order valence-electron chi connectivity index (χ4n) is 5.78. The predicted molar refractivity (Wildman–Crippen MR) is 139 cm³/mol. The molecule has 182 valence electrons. The SMILES string of the molecule is CC1(C(=O)N2CCCC(Cc3ccnc4ccccc34)CC2)CCN(C(=O)c2ccccc2)CC1. The molecule has 5 nitrogen and oxygen atoms in total. The number of piperidine rings is 1. The molecule has 2 aliphatic rings. The van der Waals surface area contributed by atoms with Gasteiger partial charge < -0.3 is 9.80 Å². The van der Waals surface area contributed by atoms with Crippen LogP contribution < -0.4 is 0 Å². The third kappa shape index (κ3) is 5.09. The fourth-order valence-corrected chi connectivity index (χ4v) is 5.78. The van der Waals surface area contributed by atoms with Gasteiger partial charge in [-0.1, -0.05) is 43.3 Å². The Hall–Kier alpha value is -3.21. The minimum atomic E-state index is -0.380. The van der Waals surface area contributed by atoms with Crippen molar-refractivity contribution in [2.75, 3.05) is 26.2 Å². The molecule has 2 fully saturated rings. The highest BCUT2D eigenvalue weighted by atomic mass is 16.2. The van der Waals surface area contributed by atoms with Gasteiger partial charge in [-0.25, -0.2) is 0 Å². The van der Waals surface area contributed by atoms with E-state index < -0.39 is 0 Å². The van der Waals surface area contributed by atoms with Crippen molar-refractivity contribution >= 4 is 22.7 Å². The number of aromatic nitrogens is 1. The molecule has 0 radical (unpaired) electrons. The molecular formula is C30H35N3O2. The third-order valence-electron chi connectivity index (χ3n) is 8.07. The molecule has 2 saturated heterocycles. The maximum Gasteiger partial charge on any atom is 0.253 e. The highest BCUT2D eigenvalue weighted by molar-refractivity contribution is 5.94. The average Bonchev–Trinajstić information content (AvgIpc) is 3.14. The van der Waals surface area contributed by atoms with Crippen LogP contribution in [0.4, 0.5) is 0 Å². The van der Waals surface area contributed by atoms with Gasteiger partial charge in [0.2, 0.25) is 5.91 Å². The zero-order valence-corrected chi connectivity index (χ0v) is 20.7. The van der Waals surface area contributed by atoms with E-state index in [0.29, 0.717) is 19.0 Å². The Labute approximate surface area is 208 Å². The molecular weight excluding hydrogens is 434 g/mol. The minimum Gasteiger partial charge on any atom is -0.342 e. The van der Waals surface area contributed by atoms with Gasteiger partial charge in [0.05, 0.1) is 5.52 Å². The molecule has 0 bridgehead atoms. The number of benzene rings is 2. The van der Waals surface area contributed by atoms with Gasteiger partial charge >= 0.3 is 0 Å². The normalized spacial score (nSPS) is 20.4. The van der Waals surface area contributed by atoms with Crippen LogP contribution in [-0.2, 0) is 11.2 Å². The minimum absolute atomic E-state index is 0.0707. The van der Waals surface area contributed by atoms with Crippen molar-refractivity contribution in [2.45, 2.75) is 45.4 Å². The quantitative estimate of drug-likeness (QED) is 0.518. The average molecular weight is 470 g/mol. The maximum atomic E-state index is 13.6. The number of para-hydroxylation sites is 1. The Morgan fingerprint density at radius 2 is 1.63 bits per heavy atom. The van der Waals surface area contributed by atoms with Crippen LogP contribution in [0, 0.1) is 11.3 Å². The smallest absolute Gasteiger partial charge is 0.253 e. The second-order valence-electron chi connectivity index (χ2n) is 10.5. The Balaban J connectivity index is 1.18. The molecule has 0 saturated carbocycles. The Bertz CT molecular complexity index is 1180. The summed E-state index contributed by atoms with van der Waals surface area (Å²) < 4.78 is 0. The Morgan fingerprint density at radius 3 is 2.43 bits per heavy atom. The molecule has 3 aromatic rings. The van der Waals surface area contributed by atoms with Gasteiger partial charge in [-0.2, -0.15) is 0 Å². The zero-order valence-electron chi connectivity index (χ0n) is 20.7. The second-order valence-corrected chi connectivity index (χ2v) is 10.5. The van der Waals surface area contributed by atoms with Crippen LogP contribution in [0.2, 0.25) is 0 Å². The third-order valence-corrected chi connectivity index (χ3v) is 8.07. The summed E-state index contributed by atoms with van der Waals surface area (Å²) in [5.74, 6) is 0.928. The second kappa shape index (κ2) is 10.2. The van der Waals surface area contributed by atoms with E-state index in [2.05, 4.69) is 41.1 Å². The van der Waals surface area contributed by atoms with Crippen LogP contribution >= 0.6 is 0 Å². The number of pyridine rings is 1. The number of nitrogens with zero attached hydrogens (tertiary/aromatic N) is 3. The number of fused-ring (bicyclic) bond motifs is 1. The van der Waals surface area contributed by atoms with E-state index >= 15 is 0 Å². The highest BCUT2D eigenvalue weighted by Gasteiger charge is 2.41. The summed E-state index contributed by atoms with van der Waals surface area (Å²) in [6.07, 6.45) is 7.65. The number of carbonyl (C=O) groups excluding carboxylic acids is 2. The molecule has 2 aromatic carbocycles. The lowest BCUT2D eigenvalue weighted by Gasteiger charge is -2.41. The zero-order chi connectivity index (χ0) is 24.3. The molecule has 1 unspecified atom stereocenters. The molecule has 2 amide bonds. The molecule has 3 heterocycles. The maximum absolute atomic E-state index is 13.6. The summed E-state index contributed by atoms with van der Waals surface area (Å²) in [5, 5.41) is 1.25. The molecule has 1 aromatic heterocycles. The van der Waals surface area contributed by atoms with E-state index in [9.17, 15) is 9.59 Å². The standard InChI is InChI=1S/C30H35N3O2/c1-30(15-20-32(21-16-30)28(34)24-9-3-2-4-10-24)29(35)33-18-7-8-23(14-19-33)22-25-13-17-31-27-12-6-5-11-26(25)27/h2-6,9-13,17,23H,7-8,14-16,18-22H2,1H3. The van der Waals surface area contributed by atoms with E-state index in [1.807, 2.05) is 47.5 Å². The summed E-state index contributed by atoms with van der Waals surface area (Å²) in [7, 11) is 0. The molecule has 0 N–H and O–H groups in total. The number of likely N-dealkylation sites (tertiary alicyclic amines) is 2. The van der Waals surface area contributed by atoms with E-state index in [0.717, 1.165) is 62.7 Å². The van der Waals surface area contributed by atoms with Gasteiger partial charge in [0, 0.05) is 48.7 Å². The molecule has 2 aliphatic heterocycles. The summed E-state index contributed by atoms with van der Waals surface area (Å²) >= 11 is 0. The molecule has 0 spiro atoms. The molecule has 35 heavy (non-hydrogen) atoms. The fraction of sp³-hybridized carbons (Fsp3) is 0.433.